The van der Waals surface area contributed by atoms with Crippen LogP contribution in [0.1, 0.15) is 44.3 Å². The second-order valence-electron chi connectivity index (χ2n) is 5.48. The van der Waals surface area contributed by atoms with Crippen molar-refractivity contribution in [1.82, 2.24) is 15.1 Å². The predicted molar refractivity (Wildman–Crippen MR) is 78.3 cm³/mol. The molecular weight excluding hydrogens is 268 g/mol. The van der Waals surface area contributed by atoms with Gasteiger partial charge in [0.15, 0.2) is 5.69 Å². The standard InChI is InChI=1S/C15H20N4O2/c1-20-15(8-4-2-3-5-9-15)14-18-13(21-19-14)12-11(16)7-6-10-17-12/h6-7,10H,2-5,8-9,16H2,1H3. The van der Waals surface area contributed by atoms with Gasteiger partial charge in [-0.1, -0.05) is 30.8 Å². The molecule has 2 aromatic rings. The highest BCUT2D eigenvalue weighted by atomic mass is 16.5. The smallest absolute Gasteiger partial charge is 0.278 e. The van der Waals surface area contributed by atoms with Gasteiger partial charge in [-0.2, -0.15) is 4.98 Å². The lowest BCUT2D eigenvalue weighted by molar-refractivity contribution is -0.0365. The van der Waals surface area contributed by atoms with E-state index in [1.54, 1.807) is 25.4 Å². The largest absolute Gasteiger partial charge is 0.397 e. The van der Waals surface area contributed by atoms with Crippen molar-refractivity contribution < 1.29 is 9.26 Å². The van der Waals surface area contributed by atoms with E-state index in [1.807, 2.05) is 0 Å². The van der Waals surface area contributed by atoms with E-state index >= 15 is 0 Å². The fraction of sp³-hybridized carbons (Fsp3) is 0.533. The molecule has 0 aromatic carbocycles. The number of nitrogens with zero attached hydrogens (tertiary/aromatic N) is 3. The van der Waals surface area contributed by atoms with E-state index in [0.717, 1.165) is 25.7 Å². The minimum atomic E-state index is -0.443. The molecule has 1 aliphatic carbocycles. The molecule has 3 rings (SSSR count). The summed E-state index contributed by atoms with van der Waals surface area (Å²) in [4.78, 5) is 8.72. The van der Waals surface area contributed by atoms with Crippen molar-refractivity contribution in [3.63, 3.8) is 0 Å². The number of hydrogen-bond donors (Lipinski definition) is 1. The molecule has 0 aliphatic heterocycles. The van der Waals surface area contributed by atoms with Crippen molar-refractivity contribution in [3.8, 4) is 11.6 Å². The van der Waals surface area contributed by atoms with Gasteiger partial charge in [-0.3, -0.25) is 0 Å². The van der Waals surface area contributed by atoms with E-state index in [9.17, 15) is 0 Å². The first kappa shape index (κ1) is 14.0. The highest BCUT2D eigenvalue weighted by molar-refractivity contribution is 5.65. The Morgan fingerprint density at radius 3 is 2.67 bits per heavy atom. The third-order valence-electron chi connectivity index (χ3n) is 4.18. The molecule has 0 unspecified atom stereocenters. The van der Waals surface area contributed by atoms with Gasteiger partial charge in [0.1, 0.15) is 5.60 Å². The van der Waals surface area contributed by atoms with Gasteiger partial charge in [-0.15, -0.1) is 0 Å². The highest BCUT2D eigenvalue weighted by Gasteiger charge is 2.37. The van der Waals surface area contributed by atoms with E-state index in [1.165, 1.54) is 12.8 Å². The summed E-state index contributed by atoms with van der Waals surface area (Å²) >= 11 is 0. The van der Waals surface area contributed by atoms with E-state index in [0.29, 0.717) is 23.1 Å². The van der Waals surface area contributed by atoms with Gasteiger partial charge in [0.25, 0.3) is 5.89 Å². The molecule has 2 aromatic heterocycles. The lowest BCUT2D eigenvalue weighted by Gasteiger charge is -2.27. The van der Waals surface area contributed by atoms with Crippen molar-refractivity contribution in [3.05, 3.63) is 24.2 Å². The number of rotatable bonds is 3. The number of nitrogens with two attached hydrogens (primary N) is 1. The quantitative estimate of drug-likeness (QED) is 0.874. The van der Waals surface area contributed by atoms with Gasteiger partial charge in [-0.25, -0.2) is 4.98 Å². The Morgan fingerprint density at radius 1 is 1.24 bits per heavy atom. The van der Waals surface area contributed by atoms with Gasteiger partial charge in [0, 0.05) is 13.3 Å². The number of hydrogen-bond acceptors (Lipinski definition) is 6. The van der Waals surface area contributed by atoms with Gasteiger partial charge in [-0.05, 0) is 25.0 Å². The Hall–Kier alpha value is -1.95. The normalized spacial score (nSPS) is 18.3. The summed E-state index contributed by atoms with van der Waals surface area (Å²) in [6.45, 7) is 0. The van der Waals surface area contributed by atoms with Gasteiger partial charge in [0.05, 0.1) is 5.69 Å². The second kappa shape index (κ2) is 5.81. The molecule has 1 fully saturated rings. The number of methoxy groups -OCH3 is 1. The zero-order valence-corrected chi connectivity index (χ0v) is 12.2. The molecule has 21 heavy (non-hydrogen) atoms. The zero-order valence-electron chi connectivity index (χ0n) is 12.2. The van der Waals surface area contributed by atoms with Crippen LogP contribution in [-0.4, -0.2) is 22.2 Å². The van der Waals surface area contributed by atoms with Crippen LogP contribution in [0, 0.1) is 0 Å². The molecule has 112 valence electrons. The molecule has 6 heteroatoms. The second-order valence-corrected chi connectivity index (χ2v) is 5.48. The maximum absolute atomic E-state index is 5.91. The summed E-state index contributed by atoms with van der Waals surface area (Å²) in [5.41, 5.74) is 6.52. The molecule has 0 atom stereocenters. The first-order chi connectivity index (χ1) is 10.2. The number of pyridine rings is 1. The zero-order chi connectivity index (χ0) is 14.7. The predicted octanol–water partition coefficient (Wildman–Crippen LogP) is 2.91. The fourth-order valence-electron chi connectivity index (χ4n) is 2.92. The molecule has 0 amide bonds. The van der Waals surface area contributed by atoms with E-state index in [4.69, 9.17) is 15.0 Å². The van der Waals surface area contributed by atoms with Crippen molar-refractivity contribution in [1.29, 1.82) is 0 Å². The van der Waals surface area contributed by atoms with Gasteiger partial charge in [0.2, 0.25) is 5.82 Å². The molecule has 1 aliphatic rings. The summed E-state index contributed by atoms with van der Waals surface area (Å²) in [6.07, 6.45) is 8.17. The molecule has 1 saturated carbocycles. The van der Waals surface area contributed by atoms with Crippen molar-refractivity contribution >= 4 is 5.69 Å². The summed E-state index contributed by atoms with van der Waals surface area (Å²) in [5.74, 6) is 0.954. The van der Waals surface area contributed by atoms with Crippen LogP contribution < -0.4 is 5.73 Å². The summed E-state index contributed by atoms with van der Waals surface area (Å²) in [6, 6.07) is 3.54. The molecule has 0 saturated heterocycles. The molecule has 0 spiro atoms. The third kappa shape index (κ3) is 2.63. The summed E-state index contributed by atoms with van der Waals surface area (Å²) in [5, 5.41) is 4.14. The average Bonchev–Trinajstić information content (AvgIpc) is 2.87. The van der Waals surface area contributed by atoms with E-state index in [-0.39, 0.29) is 0 Å². The highest BCUT2D eigenvalue weighted by Crippen LogP contribution is 2.38. The van der Waals surface area contributed by atoms with Crippen LogP contribution in [0.3, 0.4) is 0 Å². The molecular formula is C15H20N4O2. The van der Waals surface area contributed by atoms with Crippen LogP contribution in [0.4, 0.5) is 5.69 Å². The average molecular weight is 288 g/mol. The fourth-order valence-corrected chi connectivity index (χ4v) is 2.92. The molecule has 0 bridgehead atoms. The maximum atomic E-state index is 5.91. The molecule has 0 radical (unpaired) electrons. The van der Waals surface area contributed by atoms with Crippen molar-refractivity contribution in [2.24, 2.45) is 0 Å². The number of aromatic nitrogens is 3. The topological polar surface area (TPSA) is 87.1 Å². The third-order valence-corrected chi connectivity index (χ3v) is 4.18. The van der Waals surface area contributed by atoms with Crippen LogP contribution in [-0.2, 0) is 10.3 Å². The van der Waals surface area contributed by atoms with Gasteiger partial charge >= 0.3 is 0 Å². The summed E-state index contributed by atoms with van der Waals surface area (Å²) in [7, 11) is 1.72. The Labute approximate surface area is 123 Å². The van der Waals surface area contributed by atoms with Crippen molar-refractivity contribution in [2.45, 2.75) is 44.1 Å². The Morgan fingerprint density at radius 2 is 2.00 bits per heavy atom. The Balaban J connectivity index is 1.95. The SMILES string of the molecule is COC1(c2noc(-c3ncccc3N)n2)CCCCCC1. The monoisotopic (exact) mass is 288 g/mol. The minimum absolute atomic E-state index is 0.351. The molecule has 6 nitrogen and oxygen atoms in total. The van der Waals surface area contributed by atoms with Crippen LogP contribution >= 0.6 is 0 Å². The lowest BCUT2D eigenvalue weighted by Crippen LogP contribution is -2.29. The van der Waals surface area contributed by atoms with Crippen LogP contribution in [0.15, 0.2) is 22.9 Å². The number of ether oxygens (including phenoxy) is 1. The van der Waals surface area contributed by atoms with Crippen molar-refractivity contribution in [2.75, 3.05) is 12.8 Å². The van der Waals surface area contributed by atoms with E-state index < -0.39 is 5.60 Å². The van der Waals surface area contributed by atoms with E-state index in [2.05, 4.69) is 15.1 Å². The summed E-state index contributed by atoms with van der Waals surface area (Å²) < 4.78 is 11.2. The van der Waals surface area contributed by atoms with Gasteiger partial charge < -0.3 is 15.0 Å². The number of anilines is 1. The maximum Gasteiger partial charge on any atom is 0.278 e. The molecule has 2 heterocycles. The van der Waals surface area contributed by atoms with Crippen LogP contribution in [0.25, 0.3) is 11.6 Å². The van der Waals surface area contributed by atoms with Crippen LogP contribution in [0.2, 0.25) is 0 Å². The lowest BCUT2D eigenvalue weighted by atomic mass is 9.93. The Kier molecular flexibility index (Phi) is 3.88. The minimum Gasteiger partial charge on any atom is -0.397 e. The molecule has 2 N–H and O–H groups in total. The number of nitrogen functional groups attached to an aromatic ring is 1. The first-order valence-corrected chi connectivity index (χ1v) is 7.35. The van der Waals surface area contributed by atoms with Crippen LogP contribution in [0.5, 0.6) is 0 Å². The first-order valence-electron chi connectivity index (χ1n) is 7.35. The Bertz CT molecular complexity index is 603.